The number of halogens is 1. The second-order valence-electron chi connectivity index (χ2n) is 5.70. The molecule has 1 saturated heterocycles. The Bertz CT molecular complexity index is 544. The molecule has 2 atom stereocenters. The maximum absolute atomic E-state index is 14.2. The number of aliphatic carboxylic acids is 1. The van der Waals surface area contributed by atoms with Gasteiger partial charge in [0.15, 0.2) is 0 Å². The molecule has 2 rings (SSSR count). The van der Waals surface area contributed by atoms with E-state index in [9.17, 15) is 19.1 Å². The lowest BCUT2D eigenvalue weighted by molar-refractivity contribution is -0.147. The molecule has 0 aromatic heterocycles. The number of hydrogen-bond acceptors (Lipinski definition) is 2. The Balaban J connectivity index is 2.56. The predicted molar refractivity (Wildman–Crippen MR) is 76.1 cm³/mol. The summed E-state index contributed by atoms with van der Waals surface area (Å²) in [5, 5.41) is 9.51. The number of nitrogens with zero attached hydrogens (tertiary/aromatic N) is 1. The van der Waals surface area contributed by atoms with Crippen molar-refractivity contribution >= 4 is 11.9 Å². The van der Waals surface area contributed by atoms with Gasteiger partial charge in [-0.15, -0.1) is 0 Å². The summed E-state index contributed by atoms with van der Waals surface area (Å²) in [6.45, 7) is 3.66. The van der Waals surface area contributed by atoms with E-state index in [1.165, 1.54) is 11.0 Å². The maximum Gasteiger partial charge on any atom is 0.308 e. The van der Waals surface area contributed by atoms with Gasteiger partial charge >= 0.3 is 5.97 Å². The second kappa shape index (κ2) is 6.24. The van der Waals surface area contributed by atoms with Crippen LogP contribution in [0.3, 0.4) is 0 Å². The van der Waals surface area contributed by atoms with Crippen LogP contribution < -0.4 is 0 Å². The van der Waals surface area contributed by atoms with Crippen molar-refractivity contribution < 1.29 is 19.1 Å². The summed E-state index contributed by atoms with van der Waals surface area (Å²) in [5.74, 6) is -2.34. The van der Waals surface area contributed by atoms with Crippen molar-refractivity contribution in [2.75, 3.05) is 0 Å². The lowest BCUT2D eigenvalue weighted by Crippen LogP contribution is -2.43. The third kappa shape index (κ3) is 3.06. The van der Waals surface area contributed by atoms with Gasteiger partial charge in [0, 0.05) is 18.0 Å². The largest absolute Gasteiger partial charge is 0.481 e. The van der Waals surface area contributed by atoms with Crippen molar-refractivity contribution in [3.05, 3.63) is 35.6 Å². The fraction of sp³-hybridized carbons (Fsp3) is 0.500. The van der Waals surface area contributed by atoms with Gasteiger partial charge in [0.05, 0.1) is 12.0 Å². The molecule has 0 bridgehead atoms. The summed E-state index contributed by atoms with van der Waals surface area (Å²) in [5.41, 5.74) is 0.286. The van der Waals surface area contributed by atoms with Crippen molar-refractivity contribution in [2.45, 2.75) is 45.2 Å². The molecule has 0 spiro atoms. The zero-order valence-electron chi connectivity index (χ0n) is 12.3. The minimum atomic E-state index is -0.983. The lowest BCUT2D eigenvalue weighted by Gasteiger charge is -2.37. The number of amides is 1. The zero-order chi connectivity index (χ0) is 15.6. The molecule has 4 nitrogen and oxygen atoms in total. The van der Waals surface area contributed by atoms with Gasteiger partial charge in [-0.1, -0.05) is 18.2 Å². The Morgan fingerprint density at radius 1 is 1.38 bits per heavy atom. The molecule has 1 heterocycles. The number of carbonyl (C=O) groups excluding carboxylic acids is 1. The third-order valence-electron chi connectivity index (χ3n) is 3.97. The van der Waals surface area contributed by atoms with Gasteiger partial charge in [-0.25, -0.2) is 4.39 Å². The molecular weight excluding hydrogens is 273 g/mol. The first kappa shape index (κ1) is 15.5. The molecule has 1 amide bonds. The fourth-order valence-electron chi connectivity index (χ4n) is 3.06. The molecule has 114 valence electrons. The first-order chi connectivity index (χ1) is 9.93. The summed E-state index contributed by atoms with van der Waals surface area (Å²) in [6.07, 6.45) is 1.21. The summed E-state index contributed by atoms with van der Waals surface area (Å²) < 4.78 is 14.2. The van der Waals surface area contributed by atoms with E-state index in [4.69, 9.17) is 0 Å². The number of carboxylic acids is 1. The standard InChI is InChI=1S/C16H20FNO3/c1-10(2)18-14(19)9-5-7-12(16(20)21)15(18)11-6-3-4-8-13(11)17/h3-4,6,8,10,12,15H,5,7,9H2,1-2H3,(H,20,21). The van der Waals surface area contributed by atoms with E-state index in [0.717, 1.165) is 0 Å². The normalized spacial score (nSPS) is 23.2. The average molecular weight is 293 g/mol. The molecule has 1 aliphatic heterocycles. The van der Waals surface area contributed by atoms with Gasteiger partial charge in [0.1, 0.15) is 5.82 Å². The van der Waals surface area contributed by atoms with Crippen molar-refractivity contribution in [3.8, 4) is 0 Å². The van der Waals surface area contributed by atoms with Crippen LogP contribution in [0.2, 0.25) is 0 Å². The molecule has 0 saturated carbocycles. The maximum atomic E-state index is 14.2. The number of carboxylic acid groups (broad SMARTS) is 1. The SMILES string of the molecule is CC(C)N1C(=O)CCCC(C(=O)O)C1c1ccccc1F. The second-order valence-corrected chi connectivity index (χ2v) is 5.70. The molecule has 0 radical (unpaired) electrons. The highest BCUT2D eigenvalue weighted by molar-refractivity contribution is 5.80. The molecule has 1 aromatic carbocycles. The minimum absolute atomic E-state index is 0.109. The van der Waals surface area contributed by atoms with Crippen LogP contribution >= 0.6 is 0 Å². The molecule has 1 aromatic rings. The quantitative estimate of drug-likeness (QED) is 0.932. The Morgan fingerprint density at radius 2 is 2.05 bits per heavy atom. The minimum Gasteiger partial charge on any atom is -0.481 e. The number of benzene rings is 1. The van der Waals surface area contributed by atoms with Gasteiger partial charge in [0.25, 0.3) is 0 Å². The zero-order valence-corrected chi connectivity index (χ0v) is 12.3. The van der Waals surface area contributed by atoms with E-state index >= 15 is 0 Å². The summed E-state index contributed by atoms with van der Waals surface area (Å²) >= 11 is 0. The summed E-state index contributed by atoms with van der Waals surface area (Å²) in [7, 11) is 0. The van der Waals surface area contributed by atoms with Gasteiger partial charge in [-0.05, 0) is 32.8 Å². The Hall–Kier alpha value is -1.91. The molecular formula is C16H20FNO3. The topological polar surface area (TPSA) is 57.6 Å². The van der Waals surface area contributed by atoms with Crippen LogP contribution in [0.15, 0.2) is 24.3 Å². The van der Waals surface area contributed by atoms with E-state index in [1.807, 2.05) is 13.8 Å². The molecule has 1 aliphatic rings. The molecule has 5 heteroatoms. The molecule has 0 aliphatic carbocycles. The number of hydrogen-bond donors (Lipinski definition) is 1. The van der Waals surface area contributed by atoms with Gasteiger partial charge < -0.3 is 10.0 Å². The van der Waals surface area contributed by atoms with Crippen molar-refractivity contribution in [2.24, 2.45) is 5.92 Å². The van der Waals surface area contributed by atoms with Crippen molar-refractivity contribution in [3.63, 3.8) is 0 Å². The van der Waals surface area contributed by atoms with Crippen LogP contribution in [0.25, 0.3) is 0 Å². The van der Waals surface area contributed by atoms with Crippen molar-refractivity contribution in [1.82, 2.24) is 4.90 Å². The number of carbonyl (C=O) groups is 2. The smallest absolute Gasteiger partial charge is 0.308 e. The van der Waals surface area contributed by atoms with Gasteiger partial charge in [-0.2, -0.15) is 0 Å². The highest BCUT2D eigenvalue weighted by atomic mass is 19.1. The van der Waals surface area contributed by atoms with Crippen LogP contribution in [0.5, 0.6) is 0 Å². The van der Waals surface area contributed by atoms with Crippen LogP contribution in [0.4, 0.5) is 4.39 Å². The average Bonchev–Trinajstić information content (AvgIpc) is 2.58. The van der Waals surface area contributed by atoms with E-state index in [0.29, 0.717) is 19.3 Å². The van der Waals surface area contributed by atoms with E-state index in [2.05, 4.69) is 0 Å². The van der Waals surface area contributed by atoms with Crippen LogP contribution in [0.1, 0.15) is 44.7 Å². The first-order valence-corrected chi connectivity index (χ1v) is 7.22. The highest BCUT2D eigenvalue weighted by Crippen LogP contribution is 2.38. The number of likely N-dealkylation sites (tertiary alicyclic amines) is 1. The van der Waals surface area contributed by atoms with E-state index in [-0.39, 0.29) is 17.5 Å². The summed E-state index contributed by atoms with van der Waals surface area (Å²) in [6, 6.07) is 5.19. The van der Waals surface area contributed by atoms with E-state index in [1.54, 1.807) is 18.2 Å². The fourth-order valence-corrected chi connectivity index (χ4v) is 3.06. The lowest BCUT2D eigenvalue weighted by atomic mass is 9.88. The third-order valence-corrected chi connectivity index (χ3v) is 3.97. The first-order valence-electron chi connectivity index (χ1n) is 7.22. The number of rotatable bonds is 3. The summed E-state index contributed by atoms with van der Waals surface area (Å²) in [4.78, 5) is 25.5. The Morgan fingerprint density at radius 3 is 2.62 bits per heavy atom. The molecule has 21 heavy (non-hydrogen) atoms. The van der Waals surface area contributed by atoms with Crippen LogP contribution in [0, 0.1) is 11.7 Å². The Labute approximate surface area is 123 Å². The van der Waals surface area contributed by atoms with Crippen LogP contribution in [-0.4, -0.2) is 27.9 Å². The van der Waals surface area contributed by atoms with Crippen molar-refractivity contribution in [1.29, 1.82) is 0 Å². The molecule has 1 fully saturated rings. The van der Waals surface area contributed by atoms with Crippen LogP contribution in [-0.2, 0) is 9.59 Å². The Kier molecular flexibility index (Phi) is 4.60. The van der Waals surface area contributed by atoms with Gasteiger partial charge in [-0.3, -0.25) is 9.59 Å². The molecule has 1 N–H and O–H groups in total. The van der Waals surface area contributed by atoms with Gasteiger partial charge in [0.2, 0.25) is 5.91 Å². The van der Waals surface area contributed by atoms with E-state index < -0.39 is 23.7 Å². The molecule has 2 unspecified atom stereocenters. The predicted octanol–water partition coefficient (Wildman–Crippen LogP) is 2.99. The highest BCUT2D eigenvalue weighted by Gasteiger charge is 2.40. The monoisotopic (exact) mass is 293 g/mol.